The summed E-state index contributed by atoms with van der Waals surface area (Å²) in [4.78, 5) is 2.55. The molecular weight excluding hydrogens is 484 g/mol. The van der Waals surface area contributed by atoms with Crippen molar-refractivity contribution in [3.05, 3.63) is 24.8 Å². The summed E-state index contributed by atoms with van der Waals surface area (Å²) in [5.74, 6) is 6.32. The fourth-order valence-electron chi connectivity index (χ4n) is 11.5. The molecule has 3 nitrogen and oxygen atoms in total. The van der Waals surface area contributed by atoms with Gasteiger partial charge in [0.2, 0.25) is 0 Å². The molecule has 1 saturated heterocycles. The summed E-state index contributed by atoms with van der Waals surface area (Å²) in [5.41, 5.74) is 1.83. The Morgan fingerprint density at radius 3 is 2.42 bits per heavy atom. The summed E-state index contributed by atoms with van der Waals surface area (Å²) >= 11 is 0. The molecule has 0 aromatic carbocycles. The van der Waals surface area contributed by atoms with Crippen molar-refractivity contribution >= 4 is 10.8 Å². The summed E-state index contributed by atoms with van der Waals surface area (Å²) < 4.78 is 11.7. The molecule has 0 aromatic heterocycles. The first-order valence-corrected chi connectivity index (χ1v) is 17.7. The molecule has 0 spiro atoms. The van der Waals surface area contributed by atoms with Gasteiger partial charge in [0.05, 0.1) is 0 Å². The summed E-state index contributed by atoms with van der Waals surface area (Å²) in [6, 6.07) is 0. The highest BCUT2D eigenvalue weighted by atomic mass is 32.2. The van der Waals surface area contributed by atoms with E-state index in [0.717, 1.165) is 67.3 Å². The quantitative estimate of drug-likeness (QED) is 0.381. The van der Waals surface area contributed by atoms with Crippen molar-refractivity contribution < 1.29 is 4.21 Å². The maximum Gasteiger partial charge on any atom is 0.0363 e. The van der Waals surface area contributed by atoms with Crippen molar-refractivity contribution in [1.82, 2.24) is 10.2 Å². The zero-order chi connectivity index (χ0) is 27.2. The van der Waals surface area contributed by atoms with Crippen molar-refractivity contribution in [3.63, 3.8) is 0 Å². The Morgan fingerprint density at radius 2 is 1.68 bits per heavy atom. The molecule has 8 atom stereocenters. The zero-order valence-electron chi connectivity index (χ0n) is 25.4. The molecule has 0 bridgehead atoms. The van der Waals surface area contributed by atoms with Crippen LogP contribution in [0.5, 0.6) is 0 Å². The van der Waals surface area contributed by atoms with Crippen molar-refractivity contribution in [2.75, 3.05) is 37.7 Å². The van der Waals surface area contributed by atoms with Gasteiger partial charge >= 0.3 is 0 Å². The second-order valence-corrected chi connectivity index (χ2v) is 16.8. The van der Waals surface area contributed by atoms with Crippen LogP contribution in [0.25, 0.3) is 0 Å². The fraction of sp³-hybridized carbons (Fsp3) is 0.882. The maximum absolute atomic E-state index is 11.7. The van der Waals surface area contributed by atoms with Crippen LogP contribution >= 0.6 is 0 Å². The highest BCUT2D eigenvalue weighted by molar-refractivity contribution is 7.85. The molecule has 6 aliphatic rings. The molecule has 4 saturated carbocycles. The van der Waals surface area contributed by atoms with Gasteiger partial charge < -0.3 is 10.2 Å². The molecule has 0 amide bonds. The van der Waals surface area contributed by atoms with Gasteiger partial charge in [0.1, 0.15) is 0 Å². The van der Waals surface area contributed by atoms with Gasteiger partial charge in [-0.25, -0.2) is 0 Å². The number of hydrogen-bond donors (Lipinski definition) is 1. The van der Waals surface area contributed by atoms with Gasteiger partial charge in [-0.15, -0.1) is 6.58 Å². The minimum atomic E-state index is -0.565. The van der Waals surface area contributed by atoms with E-state index >= 15 is 0 Å². The predicted molar refractivity (Wildman–Crippen MR) is 164 cm³/mol. The molecule has 0 aromatic rings. The third kappa shape index (κ3) is 4.95. The van der Waals surface area contributed by atoms with Crippen molar-refractivity contribution in [1.29, 1.82) is 0 Å². The number of nitrogens with zero attached hydrogens (tertiary/aromatic N) is 1. The van der Waals surface area contributed by atoms with Gasteiger partial charge in [-0.3, -0.25) is 4.21 Å². The number of fused-ring (bicyclic) bond motifs is 7. The number of hydrogen-bond acceptors (Lipinski definition) is 3. The lowest BCUT2D eigenvalue weighted by Gasteiger charge is -2.68. The molecule has 1 aliphatic heterocycles. The molecule has 1 N–H and O–H groups in total. The molecule has 5 fully saturated rings. The Bertz CT molecular complexity index is 904. The third-order valence-electron chi connectivity index (χ3n) is 13.0. The number of rotatable bonds is 4. The van der Waals surface area contributed by atoms with E-state index in [-0.39, 0.29) is 0 Å². The van der Waals surface area contributed by atoms with Gasteiger partial charge in [0.25, 0.3) is 0 Å². The standard InChI is InChI=1S/C31H52N2OS.C3H6/c1-28(2)12-6-13-30(4)26(28)11-15-29(3)24-10-16-31(32-17-18-33-19-21-35(34)22-20-33)14-5-7-25(31)23(24)8-9-27(29)30;1-3-2/h6,12,23-27,32H,5,7-11,13-22H2,1-4H3;3H,1H2,2H3/t23?,24?,25-,26?,27?,29?,30?,31?;/m1./s1. The average molecular weight is 543 g/mol. The Labute approximate surface area is 237 Å². The number of allylic oxidation sites excluding steroid dienone is 3. The van der Waals surface area contributed by atoms with E-state index in [2.05, 4.69) is 56.6 Å². The molecule has 1 heterocycles. The lowest BCUT2D eigenvalue weighted by atomic mass is 9.37. The lowest BCUT2D eigenvalue weighted by Crippen LogP contribution is -2.63. The summed E-state index contributed by atoms with van der Waals surface area (Å²) in [5, 5.41) is 4.21. The van der Waals surface area contributed by atoms with Gasteiger partial charge in [0.15, 0.2) is 0 Å². The Balaban J connectivity index is 0.000000937. The number of nitrogens with one attached hydrogen (secondary N) is 1. The van der Waals surface area contributed by atoms with Crippen LogP contribution in [0.1, 0.15) is 98.8 Å². The first-order chi connectivity index (χ1) is 18.1. The van der Waals surface area contributed by atoms with Gasteiger partial charge in [-0.2, -0.15) is 0 Å². The van der Waals surface area contributed by atoms with Crippen molar-refractivity contribution in [2.24, 2.45) is 45.8 Å². The molecule has 0 radical (unpaired) electrons. The molecule has 4 heteroatoms. The van der Waals surface area contributed by atoms with Gasteiger partial charge in [-0.1, -0.05) is 52.3 Å². The van der Waals surface area contributed by atoms with Crippen LogP contribution in [0.3, 0.4) is 0 Å². The normalized spacial score (nSPS) is 46.1. The third-order valence-corrected chi connectivity index (χ3v) is 14.2. The van der Waals surface area contributed by atoms with Crippen LogP contribution in [0.15, 0.2) is 24.8 Å². The smallest absolute Gasteiger partial charge is 0.0363 e. The minimum Gasteiger partial charge on any atom is -0.310 e. The maximum atomic E-state index is 11.7. The molecule has 7 unspecified atom stereocenters. The van der Waals surface area contributed by atoms with Crippen LogP contribution in [-0.4, -0.2) is 52.3 Å². The van der Waals surface area contributed by atoms with E-state index in [9.17, 15) is 4.21 Å². The van der Waals surface area contributed by atoms with E-state index in [1.165, 1.54) is 64.2 Å². The first-order valence-electron chi connectivity index (χ1n) is 16.2. The molecule has 38 heavy (non-hydrogen) atoms. The van der Waals surface area contributed by atoms with E-state index in [4.69, 9.17) is 0 Å². The average Bonchev–Trinajstić information content (AvgIpc) is 3.29. The van der Waals surface area contributed by atoms with Crippen molar-refractivity contribution in [2.45, 2.75) is 104 Å². The second-order valence-electron chi connectivity index (χ2n) is 15.1. The Morgan fingerprint density at radius 1 is 0.947 bits per heavy atom. The summed E-state index contributed by atoms with van der Waals surface area (Å²) in [6.45, 7) is 20.1. The lowest BCUT2D eigenvalue weighted by molar-refractivity contribution is -0.174. The van der Waals surface area contributed by atoms with Gasteiger partial charge in [-0.05, 0) is 111 Å². The van der Waals surface area contributed by atoms with E-state index in [1.807, 2.05) is 6.92 Å². The highest BCUT2D eigenvalue weighted by Crippen LogP contribution is 2.71. The van der Waals surface area contributed by atoms with E-state index in [0.29, 0.717) is 21.8 Å². The van der Waals surface area contributed by atoms with Gasteiger partial charge in [0, 0.05) is 54.0 Å². The Kier molecular flexibility index (Phi) is 8.48. The van der Waals surface area contributed by atoms with E-state index in [1.54, 1.807) is 6.08 Å². The Hall–Kier alpha value is -0.450. The zero-order valence-corrected chi connectivity index (χ0v) is 26.2. The van der Waals surface area contributed by atoms with Crippen LogP contribution in [0.2, 0.25) is 0 Å². The first kappa shape index (κ1) is 29.1. The van der Waals surface area contributed by atoms with Crippen LogP contribution < -0.4 is 5.32 Å². The fourth-order valence-corrected chi connectivity index (χ4v) is 12.6. The largest absolute Gasteiger partial charge is 0.310 e. The molecule has 5 aliphatic carbocycles. The minimum absolute atomic E-state index is 0.367. The monoisotopic (exact) mass is 542 g/mol. The molecule has 6 rings (SSSR count). The van der Waals surface area contributed by atoms with E-state index < -0.39 is 10.8 Å². The predicted octanol–water partition coefficient (Wildman–Crippen LogP) is 7.22. The summed E-state index contributed by atoms with van der Waals surface area (Å²) in [7, 11) is -0.565. The summed E-state index contributed by atoms with van der Waals surface area (Å²) in [6.07, 6.45) is 21.2. The van der Waals surface area contributed by atoms with Crippen LogP contribution in [-0.2, 0) is 10.8 Å². The SMILES string of the molecule is C=CC.CC1(C)C=CCC2(C)C1CCC1(C)C3CCC4(NCCN5CCS(=O)CC5)CCC[C@@H]4C3CCC12. The second kappa shape index (κ2) is 11.1. The topological polar surface area (TPSA) is 32.3 Å². The highest BCUT2D eigenvalue weighted by Gasteiger charge is 2.64. The van der Waals surface area contributed by atoms with Crippen LogP contribution in [0, 0.1) is 45.8 Å². The van der Waals surface area contributed by atoms with Crippen LogP contribution in [0.4, 0.5) is 0 Å². The molecule has 216 valence electrons. The molecular formula is C34H58N2OS. The van der Waals surface area contributed by atoms with Crippen molar-refractivity contribution in [3.8, 4) is 0 Å².